The van der Waals surface area contributed by atoms with Crippen LogP contribution in [0, 0.1) is 0 Å². The monoisotopic (exact) mass is 250 g/mol. The summed E-state index contributed by atoms with van der Waals surface area (Å²) in [7, 11) is 0. The van der Waals surface area contributed by atoms with Crippen LogP contribution in [-0.2, 0) is 11.2 Å². The van der Waals surface area contributed by atoms with Gasteiger partial charge in [-0.25, -0.2) is 4.79 Å². The molecule has 0 aromatic heterocycles. The fourth-order valence-corrected chi connectivity index (χ4v) is 1.59. The van der Waals surface area contributed by atoms with Crippen molar-refractivity contribution in [3.63, 3.8) is 0 Å². The van der Waals surface area contributed by atoms with E-state index in [1.807, 2.05) is 44.2 Å². The van der Waals surface area contributed by atoms with E-state index in [9.17, 15) is 9.59 Å². The molecule has 3 N–H and O–H groups in total. The highest BCUT2D eigenvalue weighted by atomic mass is 16.4. The molecule has 1 rings (SSSR count). The molecule has 5 heteroatoms. The lowest BCUT2D eigenvalue weighted by Gasteiger charge is -2.18. The largest absolute Gasteiger partial charge is 0.465 e. The molecular formula is C13H18N2O3. The van der Waals surface area contributed by atoms with E-state index in [-0.39, 0.29) is 11.9 Å². The number of hydrogen-bond acceptors (Lipinski definition) is 2. The first-order valence-electron chi connectivity index (χ1n) is 5.83. The number of carbonyl (C=O) groups excluding carboxylic acids is 1. The third-order valence-electron chi connectivity index (χ3n) is 2.33. The first kappa shape index (κ1) is 14.0. The van der Waals surface area contributed by atoms with Crippen molar-refractivity contribution >= 4 is 12.0 Å². The van der Waals surface area contributed by atoms with Crippen molar-refractivity contribution in [2.24, 2.45) is 0 Å². The van der Waals surface area contributed by atoms with E-state index in [0.717, 1.165) is 5.56 Å². The van der Waals surface area contributed by atoms with Gasteiger partial charge in [-0.2, -0.15) is 0 Å². The van der Waals surface area contributed by atoms with E-state index in [1.165, 1.54) is 0 Å². The van der Waals surface area contributed by atoms with Crippen LogP contribution in [0.25, 0.3) is 0 Å². The van der Waals surface area contributed by atoms with Gasteiger partial charge in [0.05, 0.1) is 0 Å². The lowest BCUT2D eigenvalue weighted by molar-refractivity contribution is -0.123. The third kappa shape index (κ3) is 4.86. The van der Waals surface area contributed by atoms with Crippen LogP contribution in [0.2, 0.25) is 0 Å². The first-order chi connectivity index (χ1) is 8.49. The van der Waals surface area contributed by atoms with Gasteiger partial charge < -0.3 is 15.7 Å². The minimum atomic E-state index is -1.20. The van der Waals surface area contributed by atoms with E-state index in [4.69, 9.17) is 5.11 Å². The highest BCUT2D eigenvalue weighted by molar-refractivity contribution is 5.85. The van der Waals surface area contributed by atoms with Crippen LogP contribution < -0.4 is 10.6 Å². The molecule has 98 valence electrons. The number of carbonyl (C=O) groups is 2. The predicted molar refractivity (Wildman–Crippen MR) is 68.4 cm³/mol. The molecule has 0 aliphatic carbocycles. The van der Waals surface area contributed by atoms with Crippen LogP contribution >= 0.6 is 0 Å². The van der Waals surface area contributed by atoms with Gasteiger partial charge >= 0.3 is 6.09 Å². The molecule has 0 aliphatic heterocycles. The summed E-state index contributed by atoms with van der Waals surface area (Å²) in [4.78, 5) is 22.6. The van der Waals surface area contributed by atoms with Crippen molar-refractivity contribution in [1.82, 2.24) is 10.6 Å². The molecule has 2 amide bonds. The van der Waals surface area contributed by atoms with Crippen molar-refractivity contribution in [2.45, 2.75) is 32.4 Å². The molecule has 1 aromatic rings. The Labute approximate surface area is 106 Å². The Hall–Kier alpha value is -2.04. The van der Waals surface area contributed by atoms with Gasteiger partial charge in [-0.15, -0.1) is 0 Å². The zero-order valence-corrected chi connectivity index (χ0v) is 10.5. The normalized spacial score (nSPS) is 11.9. The van der Waals surface area contributed by atoms with Crippen molar-refractivity contribution in [3.05, 3.63) is 35.9 Å². The molecule has 18 heavy (non-hydrogen) atoms. The number of hydrogen-bond donors (Lipinski definition) is 3. The maximum absolute atomic E-state index is 11.9. The molecule has 0 fully saturated rings. The van der Waals surface area contributed by atoms with Crippen LogP contribution in [-0.4, -0.2) is 29.2 Å². The lowest BCUT2D eigenvalue weighted by Crippen LogP contribution is -2.49. The van der Waals surface area contributed by atoms with Crippen LogP contribution in [0.1, 0.15) is 19.4 Å². The smallest absolute Gasteiger partial charge is 0.405 e. The zero-order valence-electron chi connectivity index (χ0n) is 10.5. The highest BCUT2D eigenvalue weighted by Gasteiger charge is 2.21. The Morgan fingerprint density at radius 3 is 2.28 bits per heavy atom. The van der Waals surface area contributed by atoms with E-state index in [0.29, 0.717) is 6.42 Å². The zero-order chi connectivity index (χ0) is 13.5. The average Bonchev–Trinajstić information content (AvgIpc) is 2.28. The van der Waals surface area contributed by atoms with E-state index in [2.05, 4.69) is 10.6 Å². The summed E-state index contributed by atoms with van der Waals surface area (Å²) in [6.07, 6.45) is -0.860. The minimum Gasteiger partial charge on any atom is -0.465 e. The molecule has 0 saturated carbocycles. The second-order valence-electron chi connectivity index (χ2n) is 4.36. The summed E-state index contributed by atoms with van der Waals surface area (Å²) < 4.78 is 0. The SMILES string of the molecule is CC(C)NC(=O)[C@H](Cc1ccccc1)NC(=O)O. The van der Waals surface area contributed by atoms with E-state index in [1.54, 1.807) is 0 Å². The fraction of sp³-hybridized carbons (Fsp3) is 0.385. The molecule has 1 atom stereocenters. The summed E-state index contributed by atoms with van der Waals surface area (Å²) >= 11 is 0. The van der Waals surface area contributed by atoms with E-state index >= 15 is 0 Å². The molecule has 1 aromatic carbocycles. The molecular weight excluding hydrogens is 232 g/mol. The average molecular weight is 250 g/mol. The molecule has 5 nitrogen and oxygen atoms in total. The highest BCUT2D eigenvalue weighted by Crippen LogP contribution is 2.03. The first-order valence-corrected chi connectivity index (χ1v) is 5.83. The molecule has 0 aliphatic rings. The Balaban J connectivity index is 2.72. The topological polar surface area (TPSA) is 78.4 Å². The van der Waals surface area contributed by atoms with Crippen LogP contribution in [0.5, 0.6) is 0 Å². The maximum atomic E-state index is 11.9. The van der Waals surface area contributed by atoms with Gasteiger partial charge in [0.15, 0.2) is 0 Å². The van der Waals surface area contributed by atoms with Crippen LogP contribution in [0.3, 0.4) is 0 Å². The number of amides is 2. The minimum absolute atomic E-state index is 0.0219. The maximum Gasteiger partial charge on any atom is 0.405 e. The van der Waals surface area contributed by atoms with Crippen molar-refractivity contribution < 1.29 is 14.7 Å². The van der Waals surface area contributed by atoms with Crippen molar-refractivity contribution in [2.75, 3.05) is 0 Å². The van der Waals surface area contributed by atoms with Gasteiger partial charge in [0.25, 0.3) is 0 Å². The lowest BCUT2D eigenvalue weighted by atomic mass is 10.1. The third-order valence-corrected chi connectivity index (χ3v) is 2.33. The second kappa shape index (κ2) is 6.64. The predicted octanol–water partition coefficient (Wildman–Crippen LogP) is 1.39. The summed E-state index contributed by atoms with van der Waals surface area (Å²) in [6.45, 7) is 3.66. The van der Waals surface area contributed by atoms with E-state index < -0.39 is 12.1 Å². The van der Waals surface area contributed by atoms with Crippen molar-refractivity contribution in [3.8, 4) is 0 Å². The van der Waals surface area contributed by atoms with Gasteiger partial charge in [-0.1, -0.05) is 30.3 Å². The number of rotatable bonds is 5. The van der Waals surface area contributed by atoms with Gasteiger partial charge in [0, 0.05) is 12.5 Å². The second-order valence-corrected chi connectivity index (χ2v) is 4.36. The van der Waals surface area contributed by atoms with Gasteiger partial charge in [0.1, 0.15) is 6.04 Å². The molecule has 0 spiro atoms. The summed E-state index contributed by atoms with van der Waals surface area (Å²) in [6, 6.07) is 8.51. The van der Waals surface area contributed by atoms with Gasteiger partial charge in [0.2, 0.25) is 5.91 Å². The molecule has 0 saturated heterocycles. The Morgan fingerprint density at radius 2 is 1.78 bits per heavy atom. The quantitative estimate of drug-likeness (QED) is 0.739. The van der Waals surface area contributed by atoms with Gasteiger partial charge in [-0.05, 0) is 19.4 Å². The van der Waals surface area contributed by atoms with Crippen LogP contribution in [0.15, 0.2) is 30.3 Å². The Bertz CT molecular complexity index is 404. The summed E-state index contributed by atoms with van der Waals surface area (Å²) in [5.74, 6) is -0.309. The standard InChI is InChI=1S/C13H18N2O3/c1-9(2)14-12(16)11(15-13(17)18)8-10-6-4-3-5-7-10/h3-7,9,11,15H,8H2,1-2H3,(H,14,16)(H,17,18)/t11-/m0/s1. The molecule has 0 radical (unpaired) electrons. The Kier molecular flexibility index (Phi) is 5.17. The summed E-state index contributed by atoms with van der Waals surface area (Å²) in [5.41, 5.74) is 0.912. The molecule has 0 bridgehead atoms. The molecule has 0 heterocycles. The number of nitrogens with one attached hydrogen (secondary N) is 2. The van der Waals surface area contributed by atoms with Crippen LogP contribution in [0.4, 0.5) is 4.79 Å². The van der Waals surface area contributed by atoms with Crippen molar-refractivity contribution in [1.29, 1.82) is 0 Å². The molecule has 0 unspecified atom stereocenters. The number of carboxylic acid groups (broad SMARTS) is 1. The summed E-state index contributed by atoms with van der Waals surface area (Å²) in [5, 5.41) is 13.7. The fourth-order valence-electron chi connectivity index (χ4n) is 1.59. The van der Waals surface area contributed by atoms with Gasteiger partial charge in [-0.3, -0.25) is 4.79 Å². The Morgan fingerprint density at radius 1 is 1.17 bits per heavy atom. The number of benzene rings is 1.